The average molecular weight is 433 g/mol. The summed E-state index contributed by atoms with van der Waals surface area (Å²) < 4.78 is 1.58. The van der Waals surface area contributed by atoms with Crippen LogP contribution in [0.2, 0.25) is 0 Å². The van der Waals surface area contributed by atoms with Crippen molar-refractivity contribution >= 4 is 11.6 Å². The Kier molecular flexibility index (Phi) is 4.82. The van der Waals surface area contributed by atoms with Crippen LogP contribution >= 0.6 is 0 Å². The number of pyridine rings is 1. The lowest BCUT2D eigenvalue weighted by Gasteiger charge is -2.35. The fraction of sp³-hybridized carbons (Fsp3) is 0.500. The second kappa shape index (κ2) is 7.85. The second-order valence-corrected chi connectivity index (χ2v) is 9.39. The molecule has 0 aromatic carbocycles. The molecule has 1 saturated carbocycles. The number of fused-ring (bicyclic) bond motifs is 2. The van der Waals surface area contributed by atoms with Crippen LogP contribution in [0.15, 0.2) is 35.4 Å². The summed E-state index contributed by atoms with van der Waals surface area (Å²) in [5.41, 5.74) is 4.37. The van der Waals surface area contributed by atoms with Crippen LogP contribution < -0.4 is 5.56 Å². The van der Waals surface area contributed by atoms with Gasteiger partial charge in [0, 0.05) is 57.0 Å². The largest absolute Gasteiger partial charge is 0.334 e. The third-order valence-corrected chi connectivity index (χ3v) is 7.06. The van der Waals surface area contributed by atoms with Crippen LogP contribution in [0, 0.1) is 5.92 Å². The highest BCUT2D eigenvalue weighted by molar-refractivity contribution is 5.81. The molecule has 166 valence electrons. The van der Waals surface area contributed by atoms with E-state index in [1.54, 1.807) is 10.7 Å². The first kappa shape index (κ1) is 19.7. The highest BCUT2D eigenvalue weighted by Gasteiger charge is 2.38. The van der Waals surface area contributed by atoms with Gasteiger partial charge in [0.25, 0.3) is 5.56 Å². The summed E-state index contributed by atoms with van der Waals surface area (Å²) in [4.78, 5) is 39.6. The van der Waals surface area contributed by atoms with Crippen molar-refractivity contribution in [1.82, 2.24) is 29.4 Å². The fourth-order valence-corrected chi connectivity index (χ4v) is 5.19. The molecule has 3 aromatic heterocycles. The van der Waals surface area contributed by atoms with E-state index in [-0.39, 0.29) is 23.4 Å². The van der Waals surface area contributed by atoms with Crippen LogP contribution in [0.5, 0.6) is 0 Å². The van der Waals surface area contributed by atoms with Crippen molar-refractivity contribution in [2.45, 2.75) is 57.7 Å². The van der Waals surface area contributed by atoms with Gasteiger partial charge in [-0.05, 0) is 43.7 Å². The van der Waals surface area contributed by atoms with Gasteiger partial charge in [0.2, 0.25) is 5.91 Å². The standard InChI is InChI=1S/C24H28N6O2/c31-23(17-6-7-17)29-10-2-1-5-21(29)20-12-22-26-19-8-11-28(14-16-4-3-9-25-13-16)15-18(19)24(32)30(22)27-20/h3-4,9,12-13,17,21,27H,1-2,5-8,10-11,14-15H2/t21-/m1/s1. The van der Waals surface area contributed by atoms with Crippen LogP contribution in [0.3, 0.4) is 0 Å². The molecular formula is C24H28N6O2. The van der Waals surface area contributed by atoms with E-state index in [0.29, 0.717) is 12.2 Å². The number of hydrogen-bond donors (Lipinski definition) is 1. The molecule has 32 heavy (non-hydrogen) atoms. The number of rotatable bonds is 4. The lowest BCUT2D eigenvalue weighted by Crippen LogP contribution is -2.39. The van der Waals surface area contributed by atoms with E-state index in [4.69, 9.17) is 4.98 Å². The number of amides is 1. The first-order valence-electron chi connectivity index (χ1n) is 11.7. The first-order chi connectivity index (χ1) is 15.7. The predicted molar refractivity (Wildman–Crippen MR) is 119 cm³/mol. The van der Waals surface area contributed by atoms with Crippen LogP contribution in [0.4, 0.5) is 0 Å². The van der Waals surface area contributed by atoms with E-state index < -0.39 is 0 Å². The number of H-pyrrole nitrogens is 1. The average Bonchev–Trinajstić information content (AvgIpc) is 3.59. The Balaban J connectivity index is 1.30. The van der Waals surface area contributed by atoms with Gasteiger partial charge in [0.15, 0.2) is 5.65 Å². The van der Waals surface area contributed by atoms with Gasteiger partial charge in [-0.15, -0.1) is 0 Å². The maximum absolute atomic E-state index is 13.4. The Morgan fingerprint density at radius 3 is 2.91 bits per heavy atom. The number of hydrogen-bond acceptors (Lipinski definition) is 5. The van der Waals surface area contributed by atoms with Gasteiger partial charge >= 0.3 is 0 Å². The molecule has 1 amide bonds. The lowest BCUT2D eigenvalue weighted by molar-refractivity contribution is -0.136. The van der Waals surface area contributed by atoms with Gasteiger partial charge in [0.1, 0.15) is 0 Å². The maximum Gasteiger partial charge on any atom is 0.277 e. The van der Waals surface area contributed by atoms with Gasteiger partial charge < -0.3 is 4.90 Å². The number of aromatic nitrogens is 4. The summed E-state index contributed by atoms with van der Waals surface area (Å²) in [6.07, 6.45) is 9.51. The Morgan fingerprint density at radius 2 is 2.09 bits per heavy atom. The Morgan fingerprint density at radius 1 is 1.19 bits per heavy atom. The number of piperidine rings is 1. The molecule has 0 spiro atoms. The predicted octanol–water partition coefficient (Wildman–Crippen LogP) is 2.44. The Labute approximate surface area is 186 Å². The minimum absolute atomic E-state index is 0.0112. The summed E-state index contributed by atoms with van der Waals surface area (Å²) in [5, 5.41) is 3.31. The number of aromatic amines is 1. The summed E-state index contributed by atoms with van der Waals surface area (Å²) in [7, 11) is 0. The molecule has 3 aliphatic rings. The Hall–Kier alpha value is -3.00. The molecule has 0 unspecified atom stereocenters. The molecule has 1 atom stereocenters. The second-order valence-electron chi connectivity index (χ2n) is 9.39. The molecule has 2 fully saturated rings. The van der Waals surface area contributed by atoms with Crippen molar-refractivity contribution in [3.05, 3.63) is 63.5 Å². The van der Waals surface area contributed by atoms with Gasteiger partial charge in [0.05, 0.1) is 23.0 Å². The summed E-state index contributed by atoms with van der Waals surface area (Å²) in [6, 6.07) is 5.99. The van der Waals surface area contributed by atoms with E-state index in [1.165, 1.54) is 0 Å². The van der Waals surface area contributed by atoms with Crippen LogP contribution in [0.1, 0.15) is 60.7 Å². The van der Waals surface area contributed by atoms with E-state index in [1.807, 2.05) is 23.2 Å². The number of carbonyl (C=O) groups excluding carboxylic acids is 1. The summed E-state index contributed by atoms with van der Waals surface area (Å²) in [6.45, 7) is 3.03. The highest BCUT2D eigenvalue weighted by Crippen LogP contribution is 2.37. The normalized spacial score (nSPS) is 21.6. The maximum atomic E-state index is 13.4. The number of carbonyl (C=O) groups is 1. The smallest absolute Gasteiger partial charge is 0.277 e. The highest BCUT2D eigenvalue weighted by atomic mass is 16.2. The molecule has 8 heteroatoms. The zero-order valence-electron chi connectivity index (χ0n) is 18.2. The molecule has 6 rings (SSSR count). The third-order valence-electron chi connectivity index (χ3n) is 7.06. The van der Waals surface area contributed by atoms with Crippen LogP contribution in [0.25, 0.3) is 5.65 Å². The lowest BCUT2D eigenvalue weighted by atomic mass is 9.98. The topological polar surface area (TPSA) is 86.6 Å². The fourth-order valence-electron chi connectivity index (χ4n) is 5.19. The molecule has 2 aliphatic heterocycles. The molecule has 3 aromatic rings. The van der Waals surface area contributed by atoms with Crippen molar-refractivity contribution in [3.8, 4) is 0 Å². The molecule has 0 radical (unpaired) electrons. The molecule has 0 bridgehead atoms. The van der Waals surface area contributed by atoms with E-state index >= 15 is 0 Å². The Bertz CT molecular complexity index is 1210. The van der Waals surface area contributed by atoms with Gasteiger partial charge in [-0.3, -0.25) is 24.6 Å². The monoisotopic (exact) mass is 432 g/mol. The number of likely N-dealkylation sites (tertiary alicyclic amines) is 1. The van der Waals surface area contributed by atoms with Crippen molar-refractivity contribution in [1.29, 1.82) is 0 Å². The van der Waals surface area contributed by atoms with Gasteiger partial charge in [-0.25, -0.2) is 9.50 Å². The van der Waals surface area contributed by atoms with Crippen molar-refractivity contribution in [3.63, 3.8) is 0 Å². The van der Waals surface area contributed by atoms with Crippen molar-refractivity contribution in [2.75, 3.05) is 13.1 Å². The van der Waals surface area contributed by atoms with E-state index in [0.717, 1.165) is 80.7 Å². The molecular weight excluding hydrogens is 404 g/mol. The molecule has 5 heterocycles. The van der Waals surface area contributed by atoms with Crippen molar-refractivity contribution in [2.24, 2.45) is 5.92 Å². The van der Waals surface area contributed by atoms with Crippen LogP contribution in [-0.2, 0) is 24.3 Å². The van der Waals surface area contributed by atoms with Crippen molar-refractivity contribution < 1.29 is 4.79 Å². The molecule has 1 saturated heterocycles. The van der Waals surface area contributed by atoms with Gasteiger partial charge in [-0.1, -0.05) is 6.07 Å². The number of nitrogens with zero attached hydrogens (tertiary/aromatic N) is 5. The van der Waals surface area contributed by atoms with Gasteiger partial charge in [-0.2, -0.15) is 0 Å². The minimum atomic E-state index is -0.0250. The summed E-state index contributed by atoms with van der Waals surface area (Å²) in [5.74, 6) is 0.484. The zero-order valence-corrected chi connectivity index (χ0v) is 18.2. The SMILES string of the molecule is O=C(C1CC1)N1CCCC[C@@H]1c1cc2nc3c(c(=O)n2[nH]1)CN(Cc1cccnc1)CC3. The third kappa shape index (κ3) is 3.52. The quantitative estimate of drug-likeness (QED) is 0.684. The number of nitrogens with one attached hydrogen (secondary N) is 1. The minimum Gasteiger partial charge on any atom is -0.334 e. The molecule has 1 N–H and O–H groups in total. The summed E-state index contributed by atoms with van der Waals surface area (Å²) >= 11 is 0. The molecule has 1 aliphatic carbocycles. The van der Waals surface area contributed by atoms with E-state index in [2.05, 4.69) is 21.0 Å². The first-order valence-corrected chi connectivity index (χ1v) is 11.7. The van der Waals surface area contributed by atoms with Crippen LogP contribution in [-0.4, -0.2) is 48.4 Å². The van der Waals surface area contributed by atoms with E-state index in [9.17, 15) is 9.59 Å². The molecule has 8 nitrogen and oxygen atoms in total. The zero-order chi connectivity index (χ0) is 21.7.